The summed E-state index contributed by atoms with van der Waals surface area (Å²) in [6, 6.07) is 1.63. The van der Waals surface area contributed by atoms with E-state index < -0.39 is 5.97 Å². The van der Waals surface area contributed by atoms with Gasteiger partial charge in [0.25, 0.3) is 5.88 Å². The summed E-state index contributed by atoms with van der Waals surface area (Å²) < 4.78 is 9.74. The molecule has 1 aliphatic rings. The van der Waals surface area contributed by atoms with Gasteiger partial charge in [0.2, 0.25) is 0 Å². The molecule has 2 atom stereocenters. The summed E-state index contributed by atoms with van der Waals surface area (Å²) in [7, 11) is 1.49. The second kappa shape index (κ2) is 2.76. The fraction of sp³-hybridized carbons (Fsp3) is 0.500. The summed E-state index contributed by atoms with van der Waals surface area (Å²) in [6.45, 7) is 0. The molecule has 1 aromatic rings. The second-order valence-electron chi connectivity index (χ2n) is 3.06. The van der Waals surface area contributed by atoms with Crippen LogP contribution in [0.3, 0.4) is 0 Å². The summed E-state index contributed by atoms with van der Waals surface area (Å²) in [4.78, 5) is 10.5. The van der Waals surface area contributed by atoms with Crippen molar-refractivity contribution in [1.82, 2.24) is 5.16 Å². The number of rotatable bonds is 3. The van der Waals surface area contributed by atoms with Crippen molar-refractivity contribution in [1.29, 1.82) is 0 Å². The Labute approximate surface area is 74.3 Å². The summed E-state index contributed by atoms with van der Waals surface area (Å²) in [5.41, 5.74) is 0. The van der Waals surface area contributed by atoms with Gasteiger partial charge < -0.3 is 14.4 Å². The van der Waals surface area contributed by atoms with Crippen LogP contribution < -0.4 is 4.74 Å². The third-order valence-electron chi connectivity index (χ3n) is 2.19. The van der Waals surface area contributed by atoms with Gasteiger partial charge in [0.05, 0.1) is 13.0 Å². The standard InChI is InChI=1S/C8H9NO4/c1-12-7-3-6(13-9-7)4-2-5(4)8(10)11/h3-5H,2H2,1H3,(H,10,11). The van der Waals surface area contributed by atoms with E-state index in [1.807, 2.05) is 0 Å². The van der Waals surface area contributed by atoms with Crippen LogP contribution in [0.15, 0.2) is 10.6 Å². The number of carboxylic acids is 1. The van der Waals surface area contributed by atoms with E-state index in [9.17, 15) is 4.79 Å². The van der Waals surface area contributed by atoms with Gasteiger partial charge in [0, 0.05) is 12.0 Å². The van der Waals surface area contributed by atoms with Gasteiger partial charge >= 0.3 is 5.97 Å². The van der Waals surface area contributed by atoms with Gasteiger partial charge in [0.15, 0.2) is 0 Å². The van der Waals surface area contributed by atoms with Crippen LogP contribution in [0, 0.1) is 5.92 Å². The first-order valence-corrected chi connectivity index (χ1v) is 3.95. The van der Waals surface area contributed by atoms with E-state index in [1.54, 1.807) is 6.07 Å². The Hall–Kier alpha value is -1.52. The van der Waals surface area contributed by atoms with Gasteiger partial charge in [-0.3, -0.25) is 4.79 Å². The number of ether oxygens (including phenoxy) is 1. The molecule has 1 aromatic heterocycles. The minimum absolute atomic E-state index is 0.0195. The van der Waals surface area contributed by atoms with E-state index in [1.165, 1.54) is 7.11 Å². The van der Waals surface area contributed by atoms with E-state index >= 15 is 0 Å². The van der Waals surface area contributed by atoms with Gasteiger partial charge in [-0.15, -0.1) is 0 Å². The molecule has 0 spiro atoms. The lowest BCUT2D eigenvalue weighted by molar-refractivity contribution is -0.138. The van der Waals surface area contributed by atoms with Gasteiger partial charge in [-0.2, -0.15) is 0 Å². The van der Waals surface area contributed by atoms with Crippen molar-refractivity contribution in [3.8, 4) is 5.88 Å². The van der Waals surface area contributed by atoms with Crippen molar-refractivity contribution in [3.05, 3.63) is 11.8 Å². The maximum Gasteiger partial charge on any atom is 0.307 e. The van der Waals surface area contributed by atoms with Crippen molar-refractivity contribution in [2.24, 2.45) is 5.92 Å². The second-order valence-corrected chi connectivity index (χ2v) is 3.06. The molecule has 70 valence electrons. The van der Waals surface area contributed by atoms with Crippen LogP contribution in [-0.4, -0.2) is 23.3 Å². The topological polar surface area (TPSA) is 72.6 Å². The predicted octanol–water partition coefficient (Wildman–Crippen LogP) is 0.871. The first-order chi connectivity index (χ1) is 6.22. The Morgan fingerprint density at radius 3 is 3.08 bits per heavy atom. The van der Waals surface area contributed by atoms with E-state index in [-0.39, 0.29) is 11.8 Å². The Bertz CT molecular complexity index is 333. The van der Waals surface area contributed by atoms with Crippen LogP contribution in [0.1, 0.15) is 18.1 Å². The molecule has 13 heavy (non-hydrogen) atoms. The molecule has 0 saturated heterocycles. The zero-order chi connectivity index (χ0) is 9.42. The van der Waals surface area contributed by atoms with E-state index in [2.05, 4.69) is 5.16 Å². The summed E-state index contributed by atoms with van der Waals surface area (Å²) in [5.74, 6) is -0.109. The largest absolute Gasteiger partial charge is 0.481 e. The molecule has 1 heterocycles. The molecule has 0 bridgehead atoms. The first kappa shape index (κ1) is 8.10. The highest BCUT2D eigenvalue weighted by Crippen LogP contribution is 2.48. The van der Waals surface area contributed by atoms with Crippen molar-refractivity contribution in [3.63, 3.8) is 0 Å². The summed E-state index contributed by atoms with van der Waals surface area (Å²) in [6.07, 6.45) is 0.633. The minimum atomic E-state index is -0.777. The molecule has 0 radical (unpaired) electrons. The highest BCUT2D eigenvalue weighted by molar-refractivity contribution is 5.74. The highest BCUT2D eigenvalue weighted by atomic mass is 16.5. The third-order valence-corrected chi connectivity index (χ3v) is 2.19. The highest BCUT2D eigenvalue weighted by Gasteiger charge is 2.46. The van der Waals surface area contributed by atoms with Crippen molar-refractivity contribution < 1.29 is 19.2 Å². The molecule has 1 fully saturated rings. The molecule has 0 aliphatic heterocycles. The molecular weight excluding hydrogens is 174 g/mol. The lowest BCUT2D eigenvalue weighted by Crippen LogP contribution is -1.98. The number of methoxy groups -OCH3 is 1. The maximum atomic E-state index is 10.5. The van der Waals surface area contributed by atoms with Crippen LogP contribution in [0.25, 0.3) is 0 Å². The minimum Gasteiger partial charge on any atom is -0.481 e. The lowest BCUT2D eigenvalue weighted by Gasteiger charge is -1.87. The first-order valence-electron chi connectivity index (χ1n) is 3.95. The Balaban J connectivity index is 2.07. The maximum absolute atomic E-state index is 10.5. The molecule has 1 saturated carbocycles. The fourth-order valence-corrected chi connectivity index (χ4v) is 1.33. The number of nitrogens with zero attached hydrogens (tertiary/aromatic N) is 1. The average Bonchev–Trinajstić information content (AvgIpc) is 2.78. The van der Waals surface area contributed by atoms with Crippen LogP contribution in [0.5, 0.6) is 5.88 Å². The Kier molecular flexibility index (Phi) is 1.72. The van der Waals surface area contributed by atoms with Gasteiger partial charge in [0.1, 0.15) is 5.76 Å². The van der Waals surface area contributed by atoms with Crippen molar-refractivity contribution in [2.75, 3.05) is 7.11 Å². The smallest absolute Gasteiger partial charge is 0.307 e. The summed E-state index contributed by atoms with van der Waals surface area (Å²) in [5, 5.41) is 12.3. The van der Waals surface area contributed by atoms with E-state index in [0.717, 1.165) is 0 Å². The van der Waals surface area contributed by atoms with Crippen LogP contribution >= 0.6 is 0 Å². The predicted molar refractivity (Wildman–Crippen MR) is 41.5 cm³/mol. The quantitative estimate of drug-likeness (QED) is 0.752. The molecule has 0 aromatic carbocycles. The molecule has 5 nitrogen and oxygen atoms in total. The number of hydrogen-bond acceptors (Lipinski definition) is 4. The van der Waals surface area contributed by atoms with Gasteiger partial charge in [-0.1, -0.05) is 0 Å². The molecule has 2 unspecified atom stereocenters. The molecule has 0 amide bonds. The van der Waals surface area contributed by atoms with Crippen LogP contribution in [-0.2, 0) is 4.79 Å². The SMILES string of the molecule is COc1cc(C2CC2C(=O)O)on1. The van der Waals surface area contributed by atoms with Crippen LogP contribution in [0.4, 0.5) is 0 Å². The Morgan fingerprint density at radius 2 is 2.62 bits per heavy atom. The normalized spacial score (nSPS) is 25.6. The number of carbonyl (C=O) groups is 1. The zero-order valence-corrected chi connectivity index (χ0v) is 7.06. The molecule has 1 aliphatic carbocycles. The van der Waals surface area contributed by atoms with E-state index in [0.29, 0.717) is 18.1 Å². The van der Waals surface area contributed by atoms with Crippen molar-refractivity contribution in [2.45, 2.75) is 12.3 Å². The number of aromatic nitrogens is 1. The molecule has 2 rings (SSSR count). The van der Waals surface area contributed by atoms with Crippen molar-refractivity contribution >= 4 is 5.97 Å². The fourth-order valence-electron chi connectivity index (χ4n) is 1.33. The number of hydrogen-bond donors (Lipinski definition) is 1. The number of carboxylic acid groups (broad SMARTS) is 1. The average molecular weight is 183 g/mol. The van der Waals surface area contributed by atoms with Crippen LogP contribution in [0.2, 0.25) is 0 Å². The molecular formula is C8H9NO4. The third kappa shape index (κ3) is 1.37. The number of aliphatic carboxylic acids is 1. The lowest BCUT2D eigenvalue weighted by atomic mass is 10.2. The summed E-state index contributed by atoms with van der Waals surface area (Å²) >= 11 is 0. The molecule has 5 heteroatoms. The van der Waals surface area contributed by atoms with Gasteiger partial charge in [-0.05, 0) is 11.6 Å². The van der Waals surface area contributed by atoms with Gasteiger partial charge in [-0.25, -0.2) is 0 Å². The Morgan fingerprint density at radius 1 is 1.85 bits per heavy atom. The van der Waals surface area contributed by atoms with E-state index in [4.69, 9.17) is 14.4 Å². The molecule has 1 N–H and O–H groups in total. The zero-order valence-electron chi connectivity index (χ0n) is 7.06. The monoisotopic (exact) mass is 183 g/mol.